The lowest BCUT2D eigenvalue weighted by Crippen LogP contribution is -2.37. The molecule has 0 bridgehead atoms. The number of nitrogens with zero attached hydrogens (tertiary/aromatic N) is 2. The minimum Gasteiger partial charge on any atom is -0.468 e. The lowest BCUT2D eigenvalue weighted by Gasteiger charge is -2.32. The van der Waals surface area contributed by atoms with E-state index in [4.69, 9.17) is 14.9 Å². The van der Waals surface area contributed by atoms with Crippen molar-refractivity contribution in [1.29, 1.82) is 0 Å². The first-order valence-electron chi connectivity index (χ1n) is 7.61. The number of nitrogens with one attached hydrogen (secondary N) is 1. The number of ether oxygens (including phenoxy) is 1. The van der Waals surface area contributed by atoms with Crippen molar-refractivity contribution in [3.05, 3.63) is 24.2 Å². The Bertz CT molecular complexity index is 413. The van der Waals surface area contributed by atoms with Crippen LogP contribution in [0.3, 0.4) is 0 Å². The van der Waals surface area contributed by atoms with Crippen LogP contribution >= 0.6 is 0 Å². The Kier molecular flexibility index (Phi) is 6.56. The number of rotatable bonds is 7. The van der Waals surface area contributed by atoms with Crippen LogP contribution in [0.15, 0.2) is 27.8 Å². The zero-order valence-corrected chi connectivity index (χ0v) is 12.8. The number of hydrogen-bond acceptors (Lipinski definition) is 4. The van der Waals surface area contributed by atoms with Gasteiger partial charge in [-0.2, -0.15) is 0 Å². The van der Waals surface area contributed by atoms with E-state index in [0.717, 1.165) is 18.8 Å². The monoisotopic (exact) mass is 294 g/mol. The van der Waals surface area contributed by atoms with E-state index in [0.29, 0.717) is 25.7 Å². The van der Waals surface area contributed by atoms with Gasteiger partial charge in [0.05, 0.1) is 25.5 Å². The number of piperidine rings is 1. The highest BCUT2D eigenvalue weighted by Gasteiger charge is 2.24. The van der Waals surface area contributed by atoms with E-state index in [1.807, 2.05) is 12.1 Å². The maximum absolute atomic E-state index is 5.88. The number of aliphatic imine (C=N–C) groups is 1. The Hall–Kier alpha value is -1.53. The number of likely N-dealkylation sites (tertiary alicyclic amines) is 1. The van der Waals surface area contributed by atoms with E-state index >= 15 is 0 Å². The molecule has 2 rings (SSSR count). The van der Waals surface area contributed by atoms with Gasteiger partial charge in [-0.1, -0.05) is 6.42 Å². The Labute approximate surface area is 126 Å². The lowest BCUT2D eigenvalue weighted by molar-refractivity contribution is 0.150. The van der Waals surface area contributed by atoms with Crippen LogP contribution in [0.1, 0.15) is 31.1 Å². The molecule has 1 fully saturated rings. The fraction of sp³-hybridized carbons (Fsp3) is 0.667. The molecule has 2 heterocycles. The summed E-state index contributed by atoms with van der Waals surface area (Å²) in [6, 6.07) is 4.11. The number of nitrogens with two attached hydrogens (primary N) is 1. The van der Waals surface area contributed by atoms with Gasteiger partial charge in [0.1, 0.15) is 5.76 Å². The largest absolute Gasteiger partial charge is 0.468 e. The molecule has 6 heteroatoms. The summed E-state index contributed by atoms with van der Waals surface area (Å²) in [6.07, 6.45) is 5.51. The molecule has 21 heavy (non-hydrogen) atoms. The average molecular weight is 294 g/mol. The van der Waals surface area contributed by atoms with E-state index in [2.05, 4.69) is 15.2 Å². The van der Waals surface area contributed by atoms with Crippen LogP contribution < -0.4 is 11.1 Å². The van der Waals surface area contributed by atoms with E-state index in [9.17, 15) is 0 Å². The first-order valence-corrected chi connectivity index (χ1v) is 7.61. The van der Waals surface area contributed by atoms with Crippen LogP contribution in [0.5, 0.6) is 0 Å². The van der Waals surface area contributed by atoms with Crippen LogP contribution in [0.25, 0.3) is 0 Å². The highest BCUT2D eigenvalue weighted by Crippen LogP contribution is 2.25. The molecule has 6 nitrogen and oxygen atoms in total. The molecular weight excluding hydrogens is 268 g/mol. The molecule has 1 aliphatic rings. The van der Waals surface area contributed by atoms with Gasteiger partial charge < -0.3 is 20.2 Å². The first-order chi connectivity index (χ1) is 10.3. The maximum Gasteiger partial charge on any atom is 0.188 e. The van der Waals surface area contributed by atoms with Gasteiger partial charge in [-0.05, 0) is 38.1 Å². The van der Waals surface area contributed by atoms with Gasteiger partial charge in [-0.15, -0.1) is 0 Å². The number of methoxy groups -OCH3 is 1. The van der Waals surface area contributed by atoms with Gasteiger partial charge in [0.2, 0.25) is 0 Å². The third-order valence-corrected chi connectivity index (χ3v) is 3.75. The molecule has 3 N–H and O–H groups in total. The Balaban J connectivity index is 1.94. The molecule has 0 aromatic carbocycles. The summed E-state index contributed by atoms with van der Waals surface area (Å²) in [4.78, 5) is 6.89. The van der Waals surface area contributed by atoms with Crippen molar-refractivity contribution in [1.82, 2.24) is 10.2 Å². The first kappa shape index (κ1) is 15.9. The molecule has 1 atom stereocenters. The third-order valence-electron chi connectivity index (χ3n) is 3.75. The molecule has 0 amide bonds. The number of guanidine groups is 1. The van der Waals surface area contributed by atoms with Crippen molar-refractivity contribution in [3.8, 4) is 0 Å². The molecule has 0 saturated carbocycles. The molecule has 0 spiro atoms. The Morgan fingerprint density at radius 1 is 1.48 bits per heavy atom. The fourth-order valence-electron chi connectivity index (χ4n) is 2.62. The standard InChI is InChI=1S/C15H26N4O2/c1-20-11-7-17-15(16)18-12-13(14-6-5-10-21-14)19-8-3-2-4-9-19/h5-6,10,13H,2-4,7-9,11-12H2,1H3,(H3,16,17,18)/t13-/m1/s1. The van der Waals surface area contributed by atoms with Crippen LogP contribution in [-0.2, 0) is 4.74 Å². The summed E-state index contributed by atoms with van der Waals surface area (Å²) in [5.74, 6) is 1.42. The zero-order valence-electron chi connectivity index (χ0n) is 12.8. The average Bonchev–Trinajstić information content (AvgIpc) is 3.03. The molecule has 1 aromatic heterocycles. The SMILES string of the molecule is COCCNC(N)=NC[C@H](c1ccco1)N1CCCCC1. The molecule has 1 aliphatic heterocycles. The Morgan fingerprint density at radius 3 is 2.95 bits per heavy atom. The molecule has 118 valence electrons. The van der Waals surface area contributed by atoms with Crippen molar-refractivity contribution >= 4 is 5.96 Å². The second kappa shape index (κ2) is 8.69. The van der Waals surface area contributed by atoms with E-state index < -0.39 is 0 Å². The van der Waals surface area contributed by atoms with E-state index in [1.54, 1.807) is 13.4 Å². The van der Waals surface area contributed by atoms with Gasteiger partial charge in [-0.3, -0.25) is 9.89 Å². The summed E-state index contributed by atoms with van der Waals surface area (Å²) in [5.41, 5.74) is 5.88. The van der Waals surface area contributed by atoms with Crippen LogP contribution in [-0.4, -0.2) is 50.8 Å². The lowest BCUT2D eigenvalue weighted by atomic mass is 10.1. The molecular formula is C15H26N4O2. The quantitative estimate of drug-likeness (QED) is 0.451. The van der Waals surface area contributed by atoms with Crippen LogP contribution in [0, 0.1) is 0 Å². The number of hydrogen-bond donors (Lipinski definition) is 2. The summed E-state index contributed by atoms with van der Waals surface area (Å²) in [5, 5.41) is 3.04. The normalized spacial score (nSPS) is 18.6. The van der Waals surface area contributed by atoms with Crippen molar-refractivity contribution < 1.29 is 9.15 Å². The fourth-order valence-corrected chi connectivity index (χ4v) is 2.62. The van der Waals surface area contributed by atoms with Crippen molar-refractivity contribution in [2.45, 2.75) is 25.3 Å². The Morgan fingerprint density at radius 2 is 2.29 bits per heavy atom. The summed E-state index contributed by atoms with van der Waals surface area (Å²) in [7, 11) is 1.66. The van der Waals surface area contributed by atoms with E-state index in [-0.39, 0.29) is 6.04 Å². The zero-order chi connectivity index (χ0) is 14.9. The summed E-state index contributed by atoms with van der Waals surface area (Å²) >= 11 is 0. The molecule has 1 saturated heterocycles. The highest BCUT2D eigenvalue weighted by molar-refractivity contribution is 5.77. The maximum atomic E-state index is 5.88. The van der Waals surface area contributed by atoms with E-state index in [1.165, 1.54) is 19.3 Å². The molecule has 0 aliphatic carbocycles. The summed E-state index contributed by atoms with van der Waals surface area (Å²) < 4.78 is 10.6. The minimum atomic E-state index is 0.170. The molecule has 1 aromatic rings. The van der Waals surface area contributed by atoms with Gasteiger partial charge >= 0.3 is 0 Å². The van der Waals surface area contributed by atoms with Crippen LogP contribution in [0.4, 0.5) is 0 Å². The highest BCUT2D eigenvalue weighted by atomic mass is 16.5. The van der Waals surface area contributed by atoms with Crippen molar-refractivity contribution in [2.75, 3.05) is 39.9 Å². The smallest absolute Gasteiger partial charge is 0.188 e. The third kappa shape index (κ3) is 5.06. The predicted molar refractivity (Wildman–Crippen MR) is 83.2 cm³/mol. The minimum absolute atomic E-state index is 0.170. The van der Waals surface area contributed by atoms with Crippen molar-refractivity contribution in [2.24, 2.45) is 10.7 Å². The number of furan rings is 1. The summed E-state index contributed by atoms with van der Waals surface area (Å²) in [6.45, 7) is 4.08. The predicted octanol–water partition coefficient (Wildman–Crippen LogP) is 1.36. The second-order valence-electron chi connectivity index (χ2n) is 5.27. The molecule has 0 radical (unpaired) electrons. The second-order valence-corrected chi connectivity index (χ2v) is 5.27. The molecule has 0 unspecified atom stereocenters. The van der Waals surface area contributed by atoms with Crippen molar-refractivity contribution in [3.63, 3.8) is 0 Å². The van der Waals surface area contributed by atoms with Gasteiger partial charge in [-0.25, -0.2) is 0 Å². The van der Waals surface area contributed by atoms with Gasteiger partial charge in [0, 0.05) is 13.7 Å². The van der Waals surface area contributed by atoms with Gasteiger partial charge in [0.25, 0.3) is 0 Å². The van der Waals surface area contributed by atoms with Crippen LogP contribution in [0.2, 0.25) is 0 Å². The topological polar surface area (TPSA) is 76.0 Å². The van der Waals surface area contributed by atoms with Gasteiger partial charge in [0.15, 0.2) is 5.96 Å².